The van der Waals surface area contributed by atoms with Crippen molar-refractivity contribution >= 4 is 29.1 Å². The highest BCUT2D eigenvalue weighted by molar-refractivity contribution is 6.31. The van der Waals surface area contributed by atoms with Gasteiger partial charge in [-0.2, -0.15) is 0 Å². The van der Waals surface area contributed by atoms with Crippen molar-refractivity contribution in [2.45, 2.75) is 25.8 Å². The SMILES string of the molecule is Cc1c(Cl)cccc1N1CC(=O)N2CCCC2C1=O. The standard InChI is InChI=1S/C14H15ClN2O2/c1-9-10(15)4-2-5-11(9)17-8-13(18)16-7-3-6-12(16)14(17)19/h2,4-5,12H,3,6-8H2,1H3. The van der Waals surface area contributed by atoms with Gasteiger partial charge in [0.25, 0.3) is 0 Å². The average molecular weight is 279 g/mol. The van der Waals surface area contributed by atoms with Crippen LogP contribution in [0.3, 0.4) is 0 Å². The minimum absolute atomic E-state index is 0.0162. The molecule has 0 saturated carbocycles. The number of halogens is 1. The first-order chi connectivity index (χ1) is 9.09. The van der Waals surface area contributed by atoms with E-state index in [0.717, 1.165) is 24.1 Å². The molecule has 1 atom stereocenters. The maximum atomic E-state index is 12.5. The number of rotatable bonds is 1. The summed E-state index contributed by atoms with van der Waals surface area (Å²) in [6, 6.07) is 5.17. The molecule has 2 aliphatic heterocycles. The van der Waals surface area contributed by atoms with Crippen molar-refractivity contribution < 1.29 is 9.59 Å². The van der Waals surface area contributed by atoms with Crippen LogP contribution in [0.1, 0.15) is 18.4 Å². The zero-order valence-corrected chi connectivity index (χ0v) is 11.5. The highest BCUT2D eigenvalue weighted by Gasteiger charge is 2.42. The summed E-state index contributed by atoms with van der Waals surface area (Å²) in [5.74, 6) is 0.0453. The van der Waals surface area contributed by atoms with E-state index in [0.29, 0.717) is 11.6 Å². The fourth-order valence-corrected chi connectivity index (χ4v) is 3.07. The highest BCUT2D eigenvalue weighted by atomic mass is 35.5. The van der Waals surface area contributed by atoms with E-state index in [4.69, 9.17) is 11.6 Å². The van der Waals surface area contributed by atoms with Crippen LogP contribution in [0.5, 0.6) is 0 Å². The number of hydrogen-bond donors (Lipinski definition) is 0. The summed E-state index contributed by atoms with van der Waals surface area (Å²) < 4.78 is 0. The molecular weight excluding hydrogens is 264 g/mol. The molecule has 2 saturated heterocycles. The van der Waals surface area contributed by atoms with Gasteiger partial charge >= 0.3 is 0 Å². The van der Waals surface area contributed by atoms with Gasteiger partial charge in [-0.3, -0.25) is 9.59 Å². The van der Waals surface area contributed by atoms with Crippen LogP contribution < -0.4 is 4.90 Å². The van der Waals surface area contributed by atoms with Crippen molar-refractivity contribution in [2.75, 3.05) is 18.0 Å². The quantitative estimate of drug-likeness (QED) is 0.788. The summed E-state index contributed by atoms with van der Waals surface area (Å²) in [5.41, 5.74) is 1.59. The Morgan fingerprint density at radius 1 is 1.32 bits per heavy atom. The van der Waals surface area contributed by atoms with E-state index in [9.17, 15) is 9.59 Å². The number of hydrogen-bond acceptors (Lipinski definition) is 2. The first kappa shape index (κ1) is 12.5. The lowest BCUT2D eigenvalue weighted by atomic mass is 10.1. The molecule has 5 heteroatoms. The van der Waals surface area contributed by atoms with E-state index in [1.165, 1.54) is 0 Å². The Kier molecular flexibility index (Phi) is 2.97. The molecule has 0 spiro atoms. The number of carbonyl (C=O) groups excluding carboxylic acids is 2. The van der Waals surface area contributed by atoms with Crippen LogP contribution in [0, 0.1) is 6.92 Å². The Morgan fingerprint density at radius 2 is 2.11 bits per heavy atom. The second-order valence-corrected chi connectivity index (χ2v) is 5.46. The zero-order chi connectivity index (χ0) is 13.6. The van der Waals surface area contributed by atoms with Crippen LogP contribution in [-0.4, -0.2) is 35.8 Å². The second-order valence-electron chi connectivity index (χ2n) is 5.05. The van der Waals surface area contributed by atoms with Crippen LogP contribution in [0.2, 0.25) is 5.02 Å². The highest BCUT2D eigenvalue weighted by Crippen LogP contribution is 2.31. The molecule has 0 radical (unpaired) electrons. The molecule has 19 heavy (non-hydrogen) atoms. The third kappa shape index (κ3) is 1.91. The third-order valence-corrected chi connectivity index (χ3v) is 4.36. The van der Waals surface area contributed by atoms with Gasteiger partial charge in [0.1, 0.15) is 12.6 Å². The van der Waals surface area contributed by atoms with Gasteiger partial charge in [0.05, 0.1) is 0 Å². The van der Waals surface area contributed by atoms with Crippen LogP contribution in [0.25, 0.3) is 0 Å². The van der Waals surface area contributed by atoms with Gasteiger partial charge in [-0.25, -0.2) is 0 Å². The van der Waals surface area contributed by atoms with E-state index in [-0.39, 0.29) is 24.4 Å². The number of benzene rings is 1. The number of carbonyl (C=O) groups is 2. The topological polar surface area (TPSA) is 40.6 Å². The largest absolute Gasteiger partial charge is 0.329 e. The third-order valence-electron chi connectivity index (χ3n) is 3.95. The summed E-state index contributed by atoms with van der Waals surface area (Å²) in [7, 11) is 0. The van der Waals surface area contributed by atoms with Crippen molar-refractivity contribution in [1.82, 2.24) is 4.90 Å². The molecular formula is C14H15ClN2O2. The van der Waals surface area contributed by atoms with E-state index in [1.54, 1.807) is 15.9 Å². The molecule has 100 valence electrons. The molecule has 0 aromatic heterocycles. The maximum Gasteiger partial charge on any atom is 0.250 e. The van der Waals surface area contributed by atoms with Gasteiger partial charge in [0, 0.05) is 17.3 Å². The molecule has 1 aromatic rings. The lowest BCUT2D eigenvalue weighted by Gasteiger charge is -2.37. The zero-order valence-electron chi connectivity index (χ0n) is 10.7. The van der Waals surface area contributed by atoms with Crippen molar-refractivity contribution in [3.8, 4) is 0 Å². The normalized spacial score (nSPS) is 22.9. The van der Waals surface area contributed by atoms with Crippen LogP contribution in [-0.2, 0) is 9.59 Å². The molecule has 4 nitrogen and oxygen atoms in total. The van der Waals surface area contributed by atoms with Crippen molar-refractivity contribution in [1.29, 1.82) is 0 Å². The molecule has 2 fully saturated rings. The number of nitrogens with zero attached hydrogens (tertiary/aromatic N) is 2. The van der Waals surface area contributed by atoms with E-state index < -0.39 is 0 Å². The van der Waals surface area contributed by atoms with Crippen LogP contribution in [0.15, 0.2) is 18.2 Å². The Morgan fingerprint density at radius 3 is 2.89 bits per heavy atom. The monoisotopic (exact) mass is 278 g/mol. The maximum absolute atomic E-state index is 12.5. The van der Waals surface area contributed by atoms with Crippen molar-refractivity contribution in [2.24, 2.45) is 0 Å². The van der Waals surface area contributed by atoms with Gasteiger partial charge in [0.15, 0.2) is 0 Å². The van der Waals surface area contributed by atoms with Gasteiger partial charge < -0.3 is 9.80 Å². The number of fused-ring (bicyclic) bond motifs is 1. The molecule has 2 amide bonds. The molecule has 2 heterocycles. The lowest BCUT2D eigenvalue weighted by molar-refractivity contribution is -0.140. The molecule has 1 aromatic carbocycles. The van der Waals surface area contributed by atoms with Crippen LogP contribution >= 0.6 is 11.6 Å². The lowest BCUT2D eigenvalue weighted by Crippen LogP contribution is -2.57. The Hall–Kier alpha value is -1.55. The molecule has 3 rings (SSSR count). The van der Waals surface area contributed by atoms with Gasteiger partial charge in [-0.05, 0) is 37.5 Å². The summed E-state index contributed by atoms with van der Waals surface area (Å²) in [6.07, 6.45) is 1.67. The van der Waals surface area contributed by atoms with Gasteiger partial charge in [-0.15, -0.1) is 0 Å². The summed E-state index contributed by atoms with van der Waals surface area (Å²) in [5, 5.41) is 0.617. The molecule has 0 aliphatic carbocycles. The first-order valence-corrected chi connectivity index (χ1v) is 6.83. The summed E-state index contributed by atoms with van der Waals surface area (Å²) in [4.78, 5) is 27.9. The smallest absolute Gasteiger partial charge is 0.250 e. The van der Waals surface area contributed by atoms with E-state index >= 15 is 0 Å². The van der Waals surface area contributed by atoms with Gasteiger partial charge in [-0.1, -0.05) is 17.7 Å². The average Bonchev–Trinajstić information content (AvgIpc) is 2.87. The molecule has 1 unspecified atom stereocenters. The van der Waals surface area contributed by atoms with Crippen molar-refractivity contribution in [3.05, 3.63) is 28.8 Å². The predicted octanol–water partition coefficient (Wildman–Crippen LogP) is 1.99. The first-order valence-electron chi connectivity index (χ1n) is 6.45. The Balaban J connectivity index is 1.99. The number of amides is 2. The second kappa shape index (κ2) is 4.53. The number of piperazine rings is 1. The Bertz CT molecular complexity index is 558. The minimum atomic E-state index is -0.278. The summed E-state index contributed by atoms with van der Waals surface area (Å²) >= 11 is 6.10. The Labute approximate surface area is 116 Å². The predicted molar refractivity (Wildman–Crippen MR) is 73.3 cm³/mol. The van der Waals surface area contributed by atoms with E-state index in [1.807, 2.05) is 19.1 Å². The summed E-state index contributed by atoms with van der Waals surface area (Å²) in [6.45, 7) is 2.70. The van der Waals surface area contributed by atoms with E-state index in [2.05, 4.69) is 0 Å². The molecule has 0 N–H and O–H groups in total. The minimum Gasteiger partial charge on any atom is -0.329 e. The molecule has 0 bridgehead atoms. The van der Waals surface area contributed by atoms with Crippen LogP contribution in [0.4, 0.5) is 5.69 Å². The number of anilines is 1. The fourth-order valence-electron chi connectivity index (χ4n) is 2.90. The fraction of sp³-hybridized carbons (Fsp3) is 0.429. The molecule has 2 aliphatic rings. The van der Waals surface area contributed by atoms with Gasteiger partial charge in [0.2, 0.25) is 11.8 Å². The van der Waals surface area contributed by atoms with Crippen molar-refractivity contribution in [3.63, 3.8) is 0 Å².